The van der Waals surface area contributed by atoms with Crippen molar-refractivity contribution in [1.29, 1.82) is 0 Å². The Balaban J connectivity index is 1.32. The van der Waals surface area contributed by atoms with Crippen molar-refractivity contribution in [2.24, 2.45) is 0 Å². The molecule has 32 heavy (non-hydrogen) atoms. The van der Waals surface area contributed by atoms with Crippen molar-refractivity contribution in [2.75, 3.05) is 32.7 Å². The third-order valence-corrected chi connectivity index (χ3v) is 6.40. The molecule has 0 spiro atoms. The van der Waals surface area contributed by atoms with Crippen molar-refractivity contribution in [3.05, 3.63) is 71.8 Å². The van der Waals surface area contributed by atoms with Gasteiger partial charge >= 0.3 is 0 Å². The van der Waals surface area contributed by atoms with E-state index in [-0.39, 0.29) is 17.9 Å². The van der Waals surface area contributed by atoms with Crippen LogP contribution in [-0.4, -0.2) is 71.3 Å². The molecule has 1 saturated heterocycles. The maximum atomic E-state index is 13.3. The summed E-state index contributed by atoms with van der Waals surface area (Å²) in [5.41, 5.74) is 2.27. The van der Waals surface area contributed by atoms with E-state index < -0.39 is 0 Å². The molecule has 2 aromatic carbocycles. The summed E-state index contributed by atoms with van der Waals surface area (Å²) >= 11 is 0. The molecule has 1 saturated carbocycles. The number of nitrogens with zero attached hydrogens (tertiary/aromatic N) is 3. The Hall–Kier alpha value is -2.70. The Morgan fingerprint density at radius 1 is 0.906 bits per heavy atom. The van der Waals surface area contributed by atoms with Crippen LogP contribution in [0.3, 0.4) is 0 Å². The number of nitrogens with one attached hydrogen (secondary N) is 1. The van der Waals surface area contributed by atoms with Gasteiger partial charge in [-0.05, 0) is 30.9 Å². The van der Waals surface area contributed by atoms with Crippen molar-refractivity contribution in [1.82, 2.24) is 20.0 Å². The molecule has 2 fully saturated rings. The third-order valence-electron chi connectivity index (χ3n) is 6.40. The molecule has 1 heterocycles. The molecule has 0 aromatic heterocycles. The van der Waals surface area contributed by atoms with E-state index in [4.69, 9.17) is 0 Å². The molecule has 2 aromatic rings. The summed E-state index contributed by atoms with van der Waals surface area (Å²) in [6.07, 6.45) is 2.22. The topological polar surface area (TPSA) is 55.9 Å². The fourth-order valence-electron chi connectivity index (χ4n) is 4.16. The van der Waals surface area contributed by atoms with E-state index in [1.807, 2.05) is 48.2 Å². The van der Waals surface area contributed by atoms with Gasteiger partial charge < -0.3 is 10.2 Å². The lowest BCUT2D eigenvalue weighted by molar-refractivity contribution is -0.135. The minimum Gasteiger partial charge on any atom is -0.352 e. The van der Waals surface area contributed by atoms with E-state index in [0.29, 0.717) is 25.7 Å². The fraction of sp³-hybridized carbons (Fsp3) is 0.462. The van der Waals surface area contributed by atoms with Gasteiger partial charge in [-0.3, -0.25) is 19.4 Å². The van der Waals surface area contributed by atoms with Crippen molar-refractivity contribution >= 4 is 11.8 Å². The van der Waals surface area contributed by atoms with Crippen molar-refractivity contribution in [3.8, 4) is 0 Å². The molecule has 1 aliphatic heterocycles. The number of rotatable bonds is 9. The minimum atomic E-state index is -0.110. The number of carbonyl (C=O) groups is 2. The van der Waals surface area contributed by atoms with Crippen LogP contribution in [0.5, 0.6) is 0 Å². The molecule has 2 aliphatic rings. The predicted octanol–water partition coefficient (Wildman–Crippen LogP) is 2.50. The van der Waals surface area contributed by atoms with E-state index in [0.717, 1.165) is 50.1 Å². The second-order valence-corrected chi connectivity index (χ2v) is 8.99. The molecular weight excluding hydrogens is 400 g/mol. The largest absolute Gasteiger partial charge is 0.352 e. The van der Waals surface area contributed by atoms with Gasteiger partial charge in [0, 0.05) is 45.3 Å². The van der Waals surface area contributed by atoms with E-state index in [9.17, 15) is 9.59 Å². The van der Waals surface area contributed by atoms with Crippen LogP contribution < -0.4 is 5.32 Å². The van der Waals surface area contributed by atoms with Gasteiger partial charge in [0.05, 0.1) is 12.6 Å². The summed E-state index contributed by atoms with van der Waals surface area (Å²) in [4.78, 5) is 32.0. The molecule has 1 aliphatic carbocycles. The Labute approximate surface area is 191 Å². The first kappa shape index (κ1) is 22.5. The average Bonchev–Trinajstić information content (AvgIpc) is 3.64. The van der Waals surface area contributed by atoms with Crippen molar-refractivity contribution in [2.45, 2.75) is 44.9 Å². The first-order chi connectivity index (χ1) is 15.6. The summed E-state index contributed by atoms with van der Waals surface area (Å²) in [5, 5.41) is 3.10. The molecule has 1 atom stereocenters. The van der Waals surface area contributed by atoms with Crippen LogP contribution in [0, 0.1) is 0 Å². The van der Waals surface area contributed by atoms with Gasteiger partial charge in [0.25, 0.3) is 0 Å². The number of hydrogen-bond donors (Lipinski definition) is 1. The number of piperazine rings is 1. The maximum absolute atomic E-state index is 13.3. The standard InChI is InChI=1S/C26H34N4O2/c1-21(26(32)27-24-12-13-24)29-16-14-28(15-17-29)20-25(31)30(18-22-8-4-2-5-9-22)19-23-10-6-3-7-11-23/h2-11,21,24H,12-20H2,1H3,(H,27,32). The first-order valence-corrected chi connectivity index (χ1v) is 11.7. The molecule has 6 nitrogen and oxygen atoms in total. The molecule has 1 unspecified atom stereocenters. The molecule has 4 rings (SSSR count). The van der Waals surface area contributed by atoms with Crippen LogP contribution in [0.2, 0.25) is 0 Å². The second kappa shape index (κ2) is 10.7. The number of hydrogen-bond acceptors (Lipinski definition) is 4. The van der Waals surface area contributed by atoms with E-state index in [1.54, 1.807) is 0 Å². The van der Waals surface area contributed by atoms with Gasteiger partial charge in [-0.1, -0.05) is 60.7 Å². The van der Waals surface area contributed by atoms with Crippen molar-refractivity contribution < 1.29 is 9.59 Å². The highest BCUT2D eigenvalue weighted by Crippen LogP contribution is 2.19. The first-order valence-electron chi connectivity index (χ1n) is 11.7. The van der Waals surface area contributed by atoms with Crippen LogP contribution in [-0.2, 0) is 22.7 Å². The van der Waals surface area contributed by atoms with Gasteiger partial charge in [0.2, 0.25) is 11.8 Å². The summed E-state index contributed by atoms with van der Waals surface area (Å²) < 4.78 is 0. The Morgan fingerprint density at radius 2 is 1.44 bits per heavy atom. The predicted molar refractivity (Wildman–Crippen MR) is 126 cm³/mol. The zero-order chi connectivity index (χ0) is 22.3. The van der Waals surface area contributed by atoms with Gasteiger partial charge in [-0.25, -0.2) is 0 Å². The molecule has 6 heteroatoms. The van der Waals surface area contributed by atoms with E-state index >= 15 is 0 Å². The smallest absolute Gasteiger partial charge is 0.237 e. The van der Waals surface area contributed by atoms with E-state index in [2.05, 4.69) is 39.4 Å². The molecular formula is C26H34N4O2. The van der Waals surface area contributed by atoms with Crippen LogP contribution >= 0.6 is 0 Å². The normalized spacial score (nSPS) is 18.2. The Bertz CT molecular complexity index is 836. The lowest BCUT2D eigenvalue weighted by Crippen LogP contribution is -2.55. The quantitative estimate of drug-likeness (QED) is 0.659. The summed E-state index contributed by atoms with van der Waals surface area (Å²) in [7, 11) is 0. The van der Waals surface area contributed by atoms with Gasteiger partial charge in [0.1, 0.15) is 0 Å². The van der Waals surface area contributed by atoms with Gasteiger partial charge in [0.15, 0.2) is 0 Å². The fourth-order valence-corrected chi connectivity index (χ4v) is 4.16. The Kier molecular flexibility index (Phi) is 7.55. The average molecular weight is 435 g/mol. The van der Waals surface area contributed by atoms with E-state index in [1.165, 1.54) is 0 Å². The summed E-state index contributed by atoms with van der Waals surface area (Å²) in [6, 6.07) is 20.6. The van der Waals surface area contributed by atoms with Gasteiger partial charge in [-0.15, -0.1) is 0 Å². The van der Waals surface area contributed by atoms with Crippen LogP contribution in [0.15, 0.2) is 60.7 Å². The lowest BCUT2D eigenvalue weighted by atomic mass is 10.1. The highest BCUT2D eigenvalue weighted by molar-refractivity contribution is 5.82. The monoisotopic (exact) mass is 434 g/mol. The second-order valence-electron chi connectivity index (χ2n) is 8.99. The number of amides is 2. The molecule has 1 N–H and O–H groups in total. The van der Waals surface area contributed by atoms with Crippen LogP contribution in [0.4, 0.5) is 0 Å². The summed E-state index contributed by atoms with van der Waals surface area (Å²) in [5.74, 6) is 0.277. The maximum Gasteiger partial charge on any atom is 0.237 e. The highest BCUT2D eigenvalue weighted by Gasteiger charge is 2.30. The van der Waals surface area contributed by atoms with Crippen molar-refractivity contribution in [3.63, 3.8) is 0 Å². The van der Waals surface area contributed by atoms with Gasteiger partial charge in [-0.2, -0.15) is 0 Å². The molecule has 0 bridgehead atoms. The molecule has 170 valence electrons. The number of benzene rings is 2. The summed E-state index contributed by atoms with van der Waals surface area (Å²) in [6.45, 7) is 6.83. The highest BCUT2D eigenvalue weighted by atomic mass is 16.2. The minimum absolute atomic E-state index is 0.110. The van der Waals surface area contributed by atoms with Crippen LogP contribution in [0.25, 0.3) is 0 Å². The lowest BCUT2D eigenvalue weighted by Gasteiger charge is -2.37. The third kappa shape index (κ3) is 6.40. The molecule has 0 radical (unpaired) electrons. The SMILES string of the molecule is CC(C(=O)NC1CC1)N1CCN(CC(=O)N(Cc2ccccc2)Cc2ccccc2)CC1. The molecule has 2 amide bonds. The zero-order valence-corrected chi connectivity index (χ0v) is 19.0. The Morgan fingerprint density at radius 3 is 1.94 bits per heavy atom. The number of carbonyl (C=O) groups excluding carboxylic acids is 2. The zero-order valence-electron chi connectivity index (χ0n) is 19.0. The van der Waals surface area contributed by atoms with Crippen LogP contribution in [0.1, 0.15) is 30.9 Å².